The van der Waals surface area contributed by atoms with Gasteiger partial charge in [0.2, 0.25) is 10.0 Å². The molecule has 1 aromatic carbocycles. The zero-order valence-electron chi connectivity index (χ0n) is 11.1. The van der Waals surface area contributed by atoms with Gasteiger partial charge in [0, 0.05) is 11.0 Å². The second-order valence-electron chi connectivity index (χ2n) is 4.63. The van der Waals surface area contributed by atoms with Gasteiger partial charge in [-0.25, -0.2) is 17.9 Å². The van der Waals surface area contributed by atoms with E-state index >= 15 is 0 Å². The van der Waals surface area contributed by atoms with E-state index in [9.17, 15) is 18.3 Å². The molecule has 0 saturated carbocycles. The van der Waals surface area contributed by atoms with Gasteiger partial charge in [0.05, 0.1) is 16.1 Å². The molecule has 0 aliphatic carbocycles. The van der Waals surface area contributed by atoms with Crippen LogP contribution in [0.2, 0.25) is 0 Å². The van der Waals surface area contributed by atoms with E-state index in [1.807, 2.05) is 0 Å². The van der Waals surface area contributed by atoms with Gasteiger partial charge in [-0.1, -0.05) is 6.92 Å². The van der Waals surface area contributed by atoms with Crippen molar-refractivity contribution in [2.45, 2.75) is 30.8 Å². The Kier molecular flexibility index (Phi) is 5.31. The minimum atomic E-state index is -3.83. The molecular weight excluding hydrogens is 350 g/mol. The highest BCUT2D eigenvalue weighted by Crippen LogP contribution is 2.23. The number of hydrogen-bond acceptors (Lipinski definition) is 4. The summed E-state index contributed by atoms with van der Waals surface area (Å²) < 4.78 is 26.6. The lowest BCUT2D eigenvalue weighted by Gasteiger charge is -2.21. The molecule has 112 valence electrons. The molecule has 0 amide bonds. The van der Waals surface area contributed by atoms with Crippen LogP contribution < -0.4 is 4.72 Å². The Hall–Kier alpha value is -0.960. The molecule has 1 atom stereocenters. The van der Waals surface area contributed by atoms with Crippen LogP contribution in [0.15, 0.2) is 27.6 Å². The number of carboxylic acids is 1. The molecule has 0 saturated heterocycles. The van der Waals surface area contributed by atoms with Crippen molar-refractivity contribution < 1.29 is 23.4 Å². The molecule has 1 aromatic rings. The normalized spacial score (nSPS) is 14.8. The Labute approximate surface area is 126 Å². The first-order valence-corrected chi connectivity index (χ1v) is 8.11. The summed E-state index contributed by atoms with van der Waals surface area (Å²) in [6.07, 6.45) is 0.397. The summed E-state index contributed by atoms with van der Waals surface area (Å²) in [4.78, 5) is 10.7. The Bertz CT molecular complexity index is 612. The molecule has 0 spiro atoms. The van der Waals surface area contributed by atoms with Gasteiger partial charge in [-0.3, -0.25) is 0 Å². The fourth-order valence-corrected chi connectivity index (χ4v) is 3.54. The predicted molar refractivity (Wildman–Crippen MR) is 77.2 cm³/mol. The average Bonchev–Trinajstić information content (AvgIpc) is 2.36. The molecule has 0 fully saturated rings. The van der Waals surface area contributed by atoms with Gasteiger partial charge in [-0.2, -0.15) is 0 Å². The number of aliphatic hydroxyl groups is 1. The summed E-state index contributed by atoms with van der Waals surface area (Å²) in [5, 5.41) is 18.6. The summed E-state index contributed by atoms with van der Waals surface area (Å²) in [6.45, 7) is 3.14. The minimum absolute atomic E-state index is 0.0172. The third-order valence-electron chi connectivity index (χ3n) is 2.87. The van der Waals surface area contributed by atoms with Gasteiger partial charge in [-0.15, -0.1) is 0 Å². The van der Waals surface area contributed by atoms with Crippen molar-refractivity contribution in [3.8, 4) is 0 Å². The molecule has 0 aliphatic rings. The van der Waals surface area contributed by atoms with Crippen LogP contribution in [0, 0.1) is 0 Å². The van der Waals surface area contributed by atoms with Gasteiger partial charge >= 0.3 is 5.97 Å². The van der Waals surface area contributed by atoms with Crippen LogP contribution in [0.3, 0.4) is 0 Å². The fraction of sp³-hybridized carbons (Fsp3) is 0.417. The number of hydrogen-bond donors (Lipinski definition) is 3. The second kappa shape index (κ2) is 6.21. The number of benzene rings is 1. The first kappa shape index (κ1) is 17.1. The van der Waals surface area contributed by atoms with Crippen LogP contribution >= 0.6 is 15.9 Å². The van der Waals surface area contributed by atoms with Crippen LogP contribution in [-0.4, -0.2) is 36.7 Å². The molecule has 8 heteroatoms. The quantitative estimate of drug-likeness (QED) is 0.709. The number of nitrogens with one attached hydrogen (secondary N) is 1. The van der Waals surface area contributed by atoms with Crippen molar-refractivity contribution in [3.63, 3.8) is 0 Å². The van der Waals surface area contributed by atoms with E-state index in [1.54, 1.807) is 6.92 Å². The molecule has 20 heavy (non-hydrogen) atoms. The molecule has 0 aromatic heterocycles. The number of carboxylic acid groups (broad SMARTS) is 1. The van der Waals surface area contributed by atoms with E-state index in [1.165, 1.54) is 25.1 Å². The van der Waals surface area contributed by atoms with Gasteiger partial charge < -0.3 is 10.2 Å². The molecule has 0 radical (unpaired) electrons. The zero-order valence-corrected chi connectivity index (χ0v) is 13.5. The molecule has 6 nitrogen and oxygen atoms in total. The third-order valence-corrected chi connectivity index (χ3v) is 5.25. The lowest BCUT2D eigenvalue weighted by Crippen LogP contribution is -2.40. The highest BCUT2D eigenvalue weighted by atomic mass is 79.9. The first-order chi connectivity index (χ1) is 9.09. The average molecular weight is 366 g/mol. The van der Waals surface area contributed by atoms with Crippen molar-refractivity contribution in [2.24, 2.45) is 0 Å². The molecule has 0 heterocycles. The maximum atomic E-state index is 12.1. The first-order valence-electron chi connectivity index (χ1n) is 5.84. The molecule has 1 unspecified atom stereocenters. The summed E-state index contributed by atoms with van der Waals surface area (Å²) in [5.41, 5.74) is -1.16. The van der Waals surface area contributed by atoms with Crippen molar-refractivity contribution in [1.82, 2.24) is 4.72 Å². The van der Waals surface area contributed by atoms with E-state index in [4.69, 9.17) is 5.11 Å². The van der Waals surface area contributed by atoms with E-state index < -0.39 is 21.6 Å². The van der Waals surface area contributed by atoms with Crippen molar-refractivity contribution in [1.29, 1.82) is 0 Å². The third kappa shape index (κ3) is 4.27. The van der Waals surface area contributed by atoms with Gasteiger partial charge in [-0.05, 0) is 47.5 Å². The van der Waals surface area contributed by atoms with E-state index in [0.717, 1.165) is 0 Å². The van der Waals surface area contributed by atoms with Gasteiger partial charge in [0.25, 0.3) is 0 Å². The Balaban J connectivity index is 3.02. The van der Waals surface area contributed by atoms with E-state index in [-0.39, 0.29) is 21.5 Å². The number of halogens is 1. The maximum Gasteiger partial charge on any atom is 0.335 e. The highest BCUT2D eigenvalue weighted by Gasteiger charge is 2.24. The lowest BCUT2D eigenvalue weighted by molar-refractivity contribution is 0.0613. The van der Waals surface area contributed by atoms with Crippen LogP contribution in [0.1, 0.15) is 30.6 Å². The van der Waals surface area contributed by atoms with Gasteiger partial charge in [0.1, 0.15) is 0 Å². The number of sulfonamides is 1. The maximum absolute atomic E-state index is 12.1. The molecule has 1 rings (SSSR count). The van der Waals surface area contributed by atoms with Gasteiger partial charge in [0.15, 0.2) is 0 Å². The minimum Gasteiger partial charge on any atom is -0.478 e. The van der Waals surface area contributed by atoms with E-state index in [0.29, 0.717) is 6.42 Å². The number of aromatic carboxylic acids is 1. The Morgan fingerprint density at radius 2 is 2.05 bits per heavy atom. The summed E-state index contributed by atoms with van der Waals surface area (Å²) in [7, 11) is -3.83. The predicted octanol–water partition coefficient (Wildman–Crippen LogP) is 1.59. The number of carbonyl (C=O) groups is 1. The van der Waals surface area contributed by atoms with Crippen LogP contribution in [0.5, 0.6) is 0 Å². The second-order valence-corrected chi connectivity index (χ2v) is 7.22. The SMILES string of the molecule is CCC(C)(O)CNS(=O)(=O)c1ccc(C(=O)O)cc1Br. The Morgan fingerprint density at radius 1 is 1.45 bits per heavy atom. The Morgan fingerprint density at radius 3 is 2.50 bits per heavy atom. The molecular formula is C12H16BrNO5S. The molecule has 0 aliphatic heterocycles. The summed E-state index contributed by atoms with van der Waals surface area (Å²) in [6, 6.07) is 3.63. The topological polar surface area (TPSA) is 104 Å². The van der Waals surface area contributed by atoms with Crippen LogP contribution in [-0.2, 0) is 10.0 Å². The standard InChI is InChI=1S/C12H16BrNO5S/c1-3-12(2,17)7-14-20(18,19)10-5-4-8(11(15)16)6-9(10)13/h4-6,14,17H,3,7H2,1-2H3,(H,15,16). The number of rotatable bonds is 6. The van der Waals surface area contributed by atoms with Crippen molar-refractivity contribution >= 4 is 31.9 Å². The monoisotopic (exact) mass is 365 g/mol. The fourth-order valence-electron chi connectivity index (χ4n) is 1.31. The van der Waals surface area contributed by atoms with E-state index in [2.05, 4.69) is 20.7 Å². The lowest BCUT2D eigenvalue weighted by atomic mass is 10.1. The van der Waals surface area contributed by atoms with Crippen LogP contribution in [0.4, 0.5) is 0 Å². The van der Waals surface area contributed by atoms with Crippen LogP contribution in [0.25, 0.3) is 0 Å². The molecule has 3 N–H and O–H groups in total. The zero-order chi connectivity index (χ0) is 15.6. The highest BCUT2D eigenvalue weighted by molar-refractivity contribution is 9.10. The summed E-state index contributed by atoms with van der Waals surface area (Å²) >= 11 is 3.04. The molecule has 0 bridgehead atoms. The summed E-state index contributed by atoms with van der Waals surface area (Å²) in [5.74, 6) is -1.14. The largest absolute Gasteiger partial charge is 0.478 e. The van der Waals surface area contributed by atoms with Crippen molar-refractivity contribution in [3.05, 3.63) is 28.2 Å². The smallest absolute Gasteiger partial charge is 0.335 e. The van der Waals surface area contributed by atoms with Crippen molar-refractivity contribution in [2.75, 3.05) is 6.54 Å².